The van der Waals surface area contributed by atoms with Crippen LogP contribution in [0, 0.1) is 5.82 Å². The summed E-state index contributed by atoms with van der Waals surface area (Å²) < 4.78 is 36.4. The van der Waals surface area contributed by atoms with Crippen molar-refractivity contribution in [3.8, 4) is 23.0 Å². The number of carbonyl (C=O) groups is 1. The van der Waals surface area contributed by atoms with Crippen LogP contribution in [0.2, 0.25) is 0 Å². The third kappa shape index (κ3) is 3.32. The molecule has 1 aliphatic rings. The number of benzene rings is 3. The van der Waals surface area contributed by atoms with Crippen molar-refractivity contribution in [2.75, 3.05) is 33.3 Å². The van der Waals surface area contributed by atoms with Crippen molar-refractivity contribution in [3.05, 3.63) is 71.0 Å². The van der Waals surface area contributed by atoms with E-state index in [4.69, 9.17) is 18.9 Å². The second-order valence-electron chi connectivity index (χ2n) is 6.94. The number of fused-ring (bicyclic) bond motifs is 2. The molecule has 1 amide bonds. The highest BCUT2D eigenvalue weighted by molar-refractivity contribution is 6.13. The van der Waals surface area contributed by atoms with Gasteiger partial charge >= 0.3 is 0 Å². The molecule has 0 atom stereocenters. The van der Waals surface area contributed by atoms with E-state index < -0.39 is 5.82 Å². The Morgan fingerprint density at radius 1 is 0.839 bits per heavy atom. The van der Waals surface area contributed by atoms with Crippen molar-refractivity contribution >= 4 is 17.3 Å². The van der Waals surface area contributed by atoms with Gasteiger partial charge in [-0.3, -0.25) is 9.69 Å². The molecule has 7 heteroatoms. The Hall–Kier alpha value is -3.74. The van der Waals surface area contributed by atoms with Crippen LogP contribution in [0.5, 0.6) is 23.0 Å². The average Bonchev–Trinajstić information content (AvgIpc) is 2.81. The number of para-hydroxylation sites is 1. The highest BCUT2D eigenvalue weighted by atomic mass is 19.1. The van der Waals surface area contributed by atoms with Gasteiger partial charge in [-0.05, 0) is 35.9 Å². The molecule has 3 aromatic carbocycles. The van der Waals surface area contributed by atoms with Crippen LogP contribution in [0.1, 0.15) is 21.5 Å². The molecule has 0 saturated heterocycles. The molecule has 1 aliphatic heterocycles. The minimum absolute atomic E-state index is 0.137. The number of methoxy groups -OCH3 is 4. The molecule has 0 aromatic heterocycles. The molecule has 31 heavy (non-hydrogen) atoms. The number of anilines is 2. The van der Waals surface area contributed by atoms with E-state index in [-0.39, 0.29) is 11.7 Å². The minimum atomic E-state index is -0.475. The van der Waals surface area contributed by atoms with Crippen molar-refractivity contribution < 1.29 is 28.1 Å². The second-order valence-corrected chi connectivity index (χ2v) is 6.94. The van der Waals surface area contributed by atoms with Gasteiger partial charge in [0.2, 0.25) is 5.75 Å². The second kappa shape index (κ2) is 8.18. The number of nitrogens with zero attached hydrogens (tertiary/aromatic N) is 1. The van der Waals surface area contributed by atoms with Crippen molar-refractivity contribution in [3.63, 3.8) is 0 Å². The lowest BCUT2D eigenvalue weighted by Crippen LogP contribution is -2.31. The SMILES string of the molecule is COc1ccc2c(c1F)Cc1ccccc1N2C(=O)c1cc(OC)c(OC)c(OC)c1. The molecule has 0 radical (unpaired) electrons. The average molecular weight is 423 g/mol. The maximum Gasteiger partial charge on any atom is 0.263 e. The van der Waals surface area contributed by atoms with Gasteiger partial charge in [0.1, 0.15) is 0 Å². The summed E-state index contributed by atoms with van der Waals surface area (Å²) in [5, 5.41) is 0. The molecule has 1 heterocycles. The van der Waals surface area contributed by atoms with Crippen LogP contribution in [0.25, 0.3) is 0 Å². The summed E-state index contributed by atoms with van der Waals surface area (Å²) in [7, 11) is 5.88. The number of hydrogen-bond acceptors (Lipinski definition) is 5. The van der Waals surface area contributed by atoms with Crippen LogP contribution in [0.4, 0.5) is 15.8 Å². The molecule has 0 fully saturated rings. The number of hydrogen-bond donors (Lipinski definition) is 0. The van der Waals surface area contributed by atoms with Crippen molar-refractivity contribution in [1.82, 2.24) is 0 Å². The minimum Gasteiger partial charge on any atom is -0.494 e. The number of ether oxygens (including phenoxy) is 4. The third-order valence-corrected chi connectivity index (χ3v) is 5.36. The van der Waals surface area contributed by atoms with Gasteiger partial charge in [0, 0.05) is 17.5 Å². The highest BCUT2D eigenvalue weighted by Gasteiger charge is 2.32. The van der Waals surface area contributed by atoms with E-state index in [1.54, 1.807) is 18.2 Å². The topological polar surface area (TPSA) is 57.2 Å². The van der Waals surface area contributed by atoms with E-state index in [1.165, 1.54) is 39.4 Å². The fourth-order valence-electron chi connectivity index (χ4n) is 3.88. The van der Waals surface area contributed by atoms with Crippen molar-refractivity contribution in [1.29, 1.82) is 0 Å². The van der Waals surface area contributed by atoms with Gasteiger partial charge in [-0.1, -0.05) is 18.2 Å². The summed E-state index contributed by atoms with van der Waals surface area (Å²) in [5.74, 6) is 0.415. The van der Waals surface area contributed by atoms with E-state index in [0.29, 0.717) is 46.2 Å². The molecular weight excluding hydrogens is 401 g/mol. The molecule has 4 rings (SSSR count). The van der Waals surface area contributed by atoms with Gasteiger partial charge in [-0.2, -0.15) is 0 Å². The fourth-order valence-corrected chi connectivity index (χ4v) is 3.88. The van der Waals surface area contributed by atoms with E-state index in [9.17, 15) is 4.79 Å². The normalized spacial score (nSPS) is 12.0. The summed E-state index contributed by atoms with van der Waals surface area (Å²) >= 11 is 0. The van der Waals surface area contributed by atoms with Crippen molar-refractivity contribution in [2.24, 2.45) is 0 Å². The molecule has 0 bridgehead atoms. The first-order valence-corrected chi connectivity index (χ1v) is 9.61. The lowest BCUT2D eigenvalue weighted by Gasteiger charge is -2.32. The van der Waals surface area contributed by atoms with Crippen LogP contribution < -0.4 is 23.8 Å². The first-order valence-electron chi connectivity index (χ1n) is 9.61. The molecule has 0 unspecified atom stereocenters. The van der Waals surface area contributed by atoms with Gasteiger partial charge < -0.3 is 18.9 Å². The first-order chi connectivity index (χ1) is 15.0. The maximum atomic E-state index is 15.1. The predicted molar refractivity (Wildman–Crippen MR) is 115 cm³/mol. The molecule has 0 spiro atoms. The molecule has 6 nitrogen and oxygen atoms in total. The van der Waals surface area contributed by atoms with Gasteiger partial charge in [0.15, 0.2) is 23.1 Å². The van der Waals surface area contributed by atoms with Crippen LogP contribution in [0.15, 0.2) is 48.5 Å². The van der Waals surface area contributed by atoms with Crippen LogP contribution in [-0.4, -0.2) is 34.3 Å². The largest absolute Gasteiger partial charge is 0.494 e. The maximum absolute atomic E-state index is 15.1. The number of amides is 1. The monoisotopic (exact) mass is 423 g/mol. The van der Waals surface area contributed by atoms with Gasteiger partial charge in [-0.25, -0.2) is 4.39 Å². The number of rotatable bonds is 5. The molecular formula is C24H22FNO5. The van der Waals surface area contributed by atoms with Crippen LogP contribution in [0.3, 0.4) is 0 Å². The lowest BCUT2D eigenvalue weighted by atomic mass is 9.94. The van der Waals surface area contributed by atoms with E-state index in [1.807, 2.05) is 24.3 Å². The highest BCUT2D eigenvalue weighted by Crippen LogP contribution is 2.44. The Morgan fingerprint density at radius 2 is 1.48 bits per heavy atom. The smallest absolute Gasteiger partial charge is 0.263 e. The quantitative estimate of drug-likeness (QED) is 0.593. The van der Waals surface area contributed by atoms with Gasteiger partial charge in [-0.15, -0.1) is 0 Å². The van der Waals surface area contributed by atoms with E-state index in [2.05, 4.69) is 0 Å². The molecule has 0 saturated carbocycles. The Bertz CT molecular complexity index is 1140. The summed E-state index contributed by atoms with van der Waals surface area (Å²) in [6.07, 6.45) is 0.355. The number of halogens is 1. The first kappa shape index (κ1) is 20.5. The summed E-state index contributed by atoms with van der Waals surface area (Å²) in [4.78, 5) is 15.3. The number of carbonyl (C=O) groups excluding carboxylic acids is 1. The summed E-state index contributed by atoms with van der Waals surface area (Å²) in [5.41, 5.74) is 2.71. The molecule has 0 aliphatic carbocycles. The van der Waals surface area contributed by atoms with Crippen LogP contribution in [-0.2, 0) is 6.42 Å². The zero-order valence-corrected chi connectivity index (χ0v) is 17.7. The Morgan fingerprint density at radius 3 is 2.10 bits per heavy atom. The van der Waals surface area contributed by atoms with E-state index >= 15 is 4.39 Å². The van der Waals surface area contributed by atoms with Gasteiger partial charge in [0.05, 0.1) is 39.8 Å². The van der Waals surface area contributed by atoms with Crippen molar-refractivity contribution in [2.45, 2.75) is 6.42 Å². The molecule has 3 aromatic rings. The predicted octanol–water partition coefficient (Wildman–Crippen LogP) is 4.74. The standard InChI is InChI=1S/C24H22FNO5/c1-28-19-10-9-18-16(22(19)25)11-14-7-5-6-8-17(14)26(18)24(27)15-12-20(29-2)23(31-4)21(13-15)30-3/h5-10,12-13H,11H2,1-4H3. The summed E-state index contributed by atoms with van der Waals surface area (Å²) in [6.45, 7) is 0. The fraction of sp³-hybridized carbons (Fsp3) is 0.208. The zero-order chi connectivity index (χ0) is 22.1. The van der Waals surface area contributed by atoms with Crippen LogP contribution >= 0.6 is 0 Å². The Balaban J connectivity index is 1.91. The summed E-state index contributed by atoms with van der Waals surface area (Å²) in [6, 6.07) is 13.8. The van der Waals surface area contributed by atoms with E-state index in [0.717, 1.165) is 5.56 Å². The van der Waals surface area contributed by atoms with Gasteiger partial charge in [0.25, 0.3) is 5.91 Å². The zero-order valence-electron chi connectivity index (χ0n) is 17.7. The Kier molecular flexibility index (Phi) is 5.42. The third-order valence-electron chi connectivity index (χ3n) is 5.36. The molecule has 0 N–H and O–H groups in total. The Labute approximate surface area is 179 Å². The lowest BCUT2D eigenvalue weighted by molar-refractivity contribution is 0.0997. The molecule has 160 valence electrons.